The molecule has 0 radical (unpaired) electrons. The lowest BCUT2D eigenvalue weighted by atomic mass is 9.93. The molecule has 1 unspecified atom stereocenters. The van der Waals surface area contributed by atoms with Crippen molar-refractivity contribution >= 4 is 5.91 Å². The Balaban J connectivity index is 2.10. The van der Waals surface area contributed by atoms with Gasteiger partial charge >= 0.3 is 0 Å². The molecule has 90 valence electrons. The molecule has 0 N–H and O–H groups in total. The topological polar surface area (TPSA) is 20.3 Å². The zero-order valence-electron chi connectivity index (χ0n) is 10.5. The lowest BCUT2D eigenvalue weighted by Gasteiger charge is -2.31. The van der Waals surface area contributed by atoms with Gasteiger partial charge in [-0.1, -0.05) is 42.8 Å². The standard InChI is InChI=1S/C15H19NO/c1-3-14-11-16(15(17)9-12(14)2)10-13-7-5-4-6-8-13/h4-9,14H,3,10-11H2,1-2H3. The molecule has 2 rings (SSSR count). The maximum Gasteiger partial charge on any atom is 0.246 e. The summed E-state index contributed by atoms with van der Waals surface area (Å²) >= 11 is 0. The van der Waals surface area contributed by atoms with Gasteiger partial charge in [0.05, 0.1) is 0 Å². The highest BCUT2D eigenvalue weighted by atomic mass is 16.2. The average Bonchev–Trinajstić information content (AvgIpc) is 2.34. The number of benzene rings is 1. The normalized spacial score (nSPS) is 20.4. The predicted molar refractivity (Wildman–Crippen MR) is 69.4 cm³/mol. The molecule has 0 aliphatic carbocycles. The summed E-state index contributed by atoms with van der Waals surface area (Å²) in [6.07, 6.45) is 2.89. The van der Waals surface area contributed by atoms with E-state index < -0.39 is 0 Å². The summed E-state index contributed by atoms with van der Waals surface area (Å²) in [5.41, 5.74) is 2.42. The number of nitrogens with zero attached hydrogens (tertiary/aromatic N) is 1. The van der Waals surface area contributed by atoms with Gasteiger partial charge in [-0.2, -0.15) is 0 Å². The van der Waals surface area contributed by atoms with Crippen LogP contribution in [0.15, 0.2) is 42.0 Å². The van der Waals surface area contributed by atoms with E-state index in [0.717, 1.165) is 19.5 Å². The molecule has 1 aromatic carbocycles. The first-order valence-electron chi connectivity index (χ1n) is 6.21. The summed E-state index contributed by atoms with van der Waals surface area (Å²) in [6.45, 7) is 5.82. The number of hydrogen-bond acceptors (Lipinski definition) is 1. The molecular weight excluding hydrogens is 210 g/mol. The van der Waals surface area contributed by atoms with Crippen LogP contribution in [0.4, 0.5) is 0 Å². The first kappa shape index (κ1) is 11.9. The fraction of sp³-hybridized carbons (Fsp3) is 0.400. The fourth-order valence-corrected chi connectivity index (χ4v) is 2.30. The molecule has 17 heavy (non-hydrogen) atoms. The Hall–Kier alpha value is -1.57. The quantitative estimate of drug-likeness (QED) is 0.780. The molecule has 1 amide bonds. The first-order valence-corrected chi connectivity index (χ1v) is 6.21. The van der Waals surface area contributed by atoms with E-state index in [1.165, 1.54) is 11.1 Å². The highest BCUT2D eigenvalue weighted by Crippen LogP contribution is 2.22. The van der Waals surface area contributed by atoms with Crippen molar-refractivity contribution in [2.75, 3.05) is 6.54 Å². The van der Waals surface area contributed by atoms with Crippen molar-refractivity contribution in [1.82, 2.24) is 4.90 Å². The highest BCUT2D eigenvalue weighted by molar-refractivity contribution is 5.89. The van der Waals surface area contributed by atoms with Crippen molar-refractivity contribution < 1.29 is 4.79 Å². The number of rotatable bonds is 3. The minimum Gasteiger partial charge on any atom is -0.334 e. The fourth-order valence-electron chi connectivity index (χ4n) is 2.30. The smallest absolute Gasteiger partial charge is 0.246 e. The predicted octanol–water partition coefficient (Wildman–Crippen LogP) is 3.00. The summed E-state index contributed by atoms with van der Waals surface area (Å²) in [5.74, 6) is 0.674. The van der Waals surface area contributed by atoms with Gasteiger partial charge in [0.2, 0.25) is 5.91 Å². The van der Waals surface area contributed by atoms with Gasteiger partial charge in [0.25, 0.3) is 0 Å². The SMILES string of the molecule is CCC1CN(Cc2ccccc2)C(=O)C=C1C. The maximum absolute atomic E-state index is 11.9. The second-order valence-electron chi connectivity index (χ2n) is 4.70. The monoisotopic (exact) mass is 229 g/mol. The van der Waals surface area contributed by atoms with Crippen molar-refractivity contribution in [3.05, 3.63) is 47.5 Å². The Labute approximate surface area is 103 Å². The van der Waals surface area contributed by atoms with Crippen LogP contribution in [0.2, 0.25) is 0 Å². The molecule has 0 saturated heterocycles. The molecule has 0 aromatic heterocycles. The Bertz CT molecular complexity index is 422. The van der Waals surface area contributed by atoms with E-state index >= 15 is 0 Å². The molecule has 1 aromatic rings. The summed E-state index contributed by atoms with van der Waals surface area (Å²) in [5, 5.41) is 0. The van der Waals surface area contributed by atoms with Crippen molar-refractivity contribution in [3.63, 3.8) is 0 Å². The molecule has 1 aliphatic heterocycles. The molecule has 1 aliphatic rings. The zero-order valence-corrected chi connectivity index (χ0v) is 10.5. The van der Waals surface area contributed by atoms with Crippen molar-refractivity contribution in [1.29, 1.82) is 0 Å². The average molecular weight is 229 g/mol. The third-order valence-corrected chi connectivity index (χ3v) is 3.46. The van der Waals surface area contributed by atoms with Gasteiger partial charge in [0.15, 0.2) is 0 Å². The molecule has 0 spiro atoms. The van der Waals surface area contributed by atoms with Gasteiger partial charge in [-0.15, -0.1) is 0 Å². The van der Waals surface area contributed by atoms with E-state index in [-0.39, 0.29) is 5.91 Å². The van der Waals surface area contributed by atoms with Crippen molar-refractivity contribution in [2.45, 2.75) is 26.8 Å². The van der Waals surface area contributed by atoms with E-state index in [4.69, 9.17) is 0 Å². The molecule has 2 nitrogen and oxygen atoms in total. The number of amides is 1. The van der Waals surface area contributed by atoms with Gasteiger partial charge in [0.1, 0.15) is 0 Å². The third kappa shape index (κ3) is 2.76. The van der Waals surface area contributed by atoms with Gasteiger partial charge in [-0.25, -0.2) is 0 Å². The van der Waals surface area contributed by atoms with Crippen LogP contribution in [0.1, 0.15) is 25.8 Å². The van der Waals surface area contributed by atoms with Crippen LogP contribution in [0.25, 0.3) is 0 Å². The molecule has 0 fully saturated rings. The minimum absolute atomic E-state index is 0.149. The molecule has 0 bridgehead atoms. The van der Waals surface area contributed by atoms with Crippen LogP contribution in [-0.4, -0.2) is 17.4 Å². The van der Waals surface area contributed by atoms with E-state index in [9.17, 15) is 4.79 Å². The second-order valence-corrected chi connectivity index (χ2v) is 4.70. The Morgan fingerprint density at radius 3 is 2.65 bits per heavy atom. The second kappa shape index (κ2) is 5.17. The summed E-state index contributed by atoms with van der Waals surface area (Å²) in [4.78, 5) is 13.9. The van der Waals surface area contributed by atoms with Crippen LogP contribution in [0.5, 0.6) is 0 Å². The van der Waals surface area contributed by atoms with Crippen LogP contribution < -0.4 is 0 Å². The van der Waals surface area contributed by atoms with Crippen LogP contribution >= 0.6 is 0 Å². The lowest BCUT2D eigenvalue weighted by Crippen LogP contribution is -2.37. The van der Waals surface area contributed by atoms with Gasteiger partial charge < -0.3 is 4.90 Å². The van der Waals surface area contributed by atoms with Crippen molar-refractivity contribution in [3.8, 4) is 0 Å². The van der Waals surface area contributed by atoms with Gasteiger partial charge in [-0.3, -0.25) is 4.79 Å². The van der Waals surface area contributed by atoms with Crippen molar-refractivity contribution in [2.24, 2.45) is 5.92 Å². The number of carbonyl (C=O) groups is 1. The van der Waals surface area contributed by atoms with Gasteiger partial charge in [-0.05, 0) is 24.8 Å². The highest BCUT2D eigenvalue weighted by Gasteiger charge is 2.23. The molecule has 0 saturated carbocycles. The molecule has 2 heteroatoms. The van der Waals surface area contributed by atoms with E-state index in [2.05, 4.69) is 26.0 Å². The molecule has 1 heterocycles. The third-order valence-electron chi connectivity index (χ3n) is 3.46. The van der Waals surface area contributed by atoms with E-state index in [0.29, 0.717) is 5.92 Å². The van der Waals surface area contributed by atoms with Crippen LogP contribution in [0, 0.1) is 5.92 Å². The largest absolute Gasteiger partial charge is 0.334 e. The Kier molecular flexibility index (Phi) is 3.62. The Morgan fingerprint density at radius 1 is 1.29 bits per heavy atom. The number of carbonyl (C=O) groups excluding carboxylic acids is 1. The van der Waals surface area contributed by atoms with E-state index in [1.807, 2.05) is 23.1 Å². The molecular formula is C15H19NO. The minimum atomic E-state index is 0.149. The summed E-state index contributed by atoms with van der Waals surface area (Å²) in [7, 11) is 0. The molecule has 1 atom stereocenters. The van der Waals surface area contributed by atoms with E-state index in [1.54, 1.807) is 6.08 Å². The number of hydrogen-bond donors (Lipinski definition) is 0. The maximum atomic E-state index is 11.9. The van der Waals surface area contributed by atoms with Gasteiger partial charge in [0, 0.05) is 19.2 Å². The van der Waals surface area contributed by atoms with Crippen LogP contribution in [-0.2, 0) is 11.3 Å². The Morgan fingerprint density at radius 2 is 2.00 bits per heavy atom. The summed E-state index contributed by atoms with van der Waals surface area (Å²) < 4.78 is 0. The summed E-state index contributed by atoms with van der Waals surface area (Å²) in [6, 6.07) is 10.2. The zero-order chi connectivity index (χ0) is 12.3. The first-order chi connectivity index (χ1) is 8.20. The lowest BCUT2D eigenvalue weighted by molar-refractivity contribution is -0.128. The van der Waals surface area contributed by atoms with Crippen LogP contribution in [0.3, 0.4) is 0 Å².